The molecule has 4 fully saturated rings. The van der Waals surface area contributed by atoms with E-state index in [4.69, 9.17) is 4.52 Å². The van der Waals surface area contributed by atoms with E-state index in [1.54, 1.807) is 0 Å². The number of piperazine rings is 3. The van der Waals surface area contributed by atoms with E-state index in [2.05, 4.69) is 25.3 Å². The number of nitrogens with zero attached hydrogens (tertiary/aromatic N) is 4. The second kappa shape index (κ2) is 4.52. The van der Waals surface area contributed by atoms with Crippen LogP contribution in [0.3, 0.4) is 0 Å². The van der Waals surface area contributed by atoms with Gasteiger partial charge in [-0.25, -0.2) is 0 Å². The summed E-state index contributed by atoms with van der Waals surface area (Å²) in [5, 5.41) is 16.9. The molecule has 0 amide bonds. The van der Waals surface area contributed by atoms with Crippen molar-refractivity contribution in [2.75, 3.05) is 39.3 Å². The molecule has 7 nitrogen and oxygen atoms in total. The van der Waals surface area contributed by atoms with Gasteiger partial charge in [0.25, 0.3) is 0 Å². The van der Waals surface area contributed by atoms with E-state index < -0.39 is 0 Å². The smallest absolute Gasteiger partial charge is 0.243 e. The van der Waals surface area contributed by atoms with Crippen LogP contribution in [0.1, 0.15) is 30.2 Å². The number of aromatic nitrogens is 2. The van der Waals surface area contributed by atoms with Gasteiger partial charge >= 0.3 is 0 Å². The zero-order valence-corrected chi connectivity index (χ0v) is 10.8. The van der Waals surface area contributed by atoms with E-state index in [1.165, 1.54) is 0 Å². The van der Waals surface area contributed by atoms with Crippen molar-refractivity contribution in [1.82, 2.24) is 25.3 Å². The number of aliphatic hydroxyl groups is 1. The lowest BCUT2D eigenvalue weighted by Gasteiger charge is -2.46. The Bertz CT molecular complexity index is 457. The second-order valence-corrected chi connectivity index (χ2v) is 5.69. The van der Waals surface area contributed by atoms with E-state index in [-0.39, 0.29) is 18.2 Å². The van der Waals surface area contributed by atoms with Gasteiger partial charge in [0.05, 0.1) is 18.2 Å². The largest absolute Gasteiger partial charge is 0.392 e. The van der Waals surface area contributed by atoms with E-state index >= 15 is 0 Å². The molecule has 4 aliphatic heterocycles. The molecule has 2 bridgehead atoms. The van der Waals surface area contributed by atoms with Gasteiger partial charge in [-0.05, 0) is 6.42 Å². The molecule has 0 radical (unpaired) electrons. The van der Waals surface area contributed by atoms with Crippen LogP contribution in [0.25, 0.3) is 0 Å². The molecule has 1 unspecified atom stereocenters. The highest BCUT2D eigenvalue weighted by atomic mass is 16.5. The van der Waals surface area contributed by atoms with Crippen LogP contribution >= 0.6 is 0 Å². The summed E-state index contributed by atoms with van der Waals surface area (Å²) in [7, 11) is 0. The van der Waals surface area contributed by atoms with Gasteiger partial charge in [0.15, 0.2) is 5.82 Å². The highest BCUT2D eigenvalue weighted by Crippen LogP contribution is 2.29. The Labute approximate surface area is 111 Å². The molecule has 104 valence electrons. The summed E-state index contributed by atoms with van der Waals surface area (Å²) in [4.78, 5) is 9.44. The predicted octanol–water partition coefficient (Wildman–Crippen LogP) is -0.863. The number of nitrogens with one attached hydrogen (secondary N) is 1. The standard InChI is InChI=1S/C12H19N5O2/c18-8-5-9(13-6-8)12-14-11(15-19-12)10-7-16-1-3-17(10)4-2-16/h8-10,13,18H,1-7H2/t8-,9+,10?/m0/s1. The molecule has 4 saturated heterocycles. The van der Waals surface area contributed by atoms with Crippen molar-refractivity contribution in [3.05, 3.63) is 11.7 Å². The van der Waals surface area contributed by atoms with Gasteiger partial charge in [0, 0.05) is 39.3 Å². The van der Waals surface area contributed by atoms with Gasteiger partial charge in [-0.2, -0.15) is 4.98 Å². The molecule has 0 aliphatic carbocycles. The molecular weight excluding hydrogens is 246 g/mol. The maximum atomic E-state index is 9.54. The second-order valence-electron chi connectivity index (χ2n) is 5.69. The quantitative estimate of drug-likeness (QED) is 0.720. The van der Waals surface area contributed by atoms with Gasteiger partial charge in [0.1, 0.15) is 0 Å². The maximum absolute atomic E-state index is 9.54. The molecule has 2 N–H and O–H groups in total. The number of hydrogen-bond acceptors (Lipinski definition) is 7. The Morgan fingerprint density at radius 1 is 1.26 bits per heavy atom. The average Bonchev–Trinajstić information content (AvgIpc) is 3.08. The summed E-state index contributed by atoms with van der Waals surface area (Å²) in [6.07, 6.45) is 0.350. The number of rotatable bonds is 2. The fourth-order valence-corrected chi connectivity index (χ4v) is 3.29. The average molecular weight is 265 g/mol. The minimum atomic E-state index is -0.305. The normalized spacial score (nSPS) is 41.8. The van der Waals surface area contributed by atoms with E-state index in [9.17, 15) is 5.11 Å². The molecule has 0 spiro atoms. The molecule has 0 aromatic carbocycles. The van der Waals surface area contributed by atoms with Crippen molar-refractivity contribution in [3.8, 4) is 0 Å². The molecular formula is C12H19N5O2. The fourth-order valence-electron chi connectivity index (χ4n) is 3.29. The first-order valence-corrected chi connectivity index (χ1v) is 7.01. The van der Waals surface area contributed by atoms with Crippen LogP contribution in [-0.4, -0.2) is 70.4 Å². The molecule has 0 saturated carbocycles. The van der Waals surface area contributed by atoms with Gasteiger partial charge in [0.2, 0.25) is 5.89 Å². The Hall–Kier alpha value is -1.02. The number of hydrogen-bond donors (Lipinski definition) is 2. The molecule has 1 aromatic rings. The predicted molar refractivity (Wildman–Crippen MR) is 66.4 cm³/mol. The van der Waals surface area contributed by atoms with Crippen LogP contribution in [0.4, 0.5) is 0 Å². The van der Waals surface area contributed by atoms with E-state index in [1.807, 2.05) is 0 Å². The Balaban J connectivity index is 1.52. The SMILES string of the molecule is O[C@@H]1CN[C@@H](c2nc(C3CN4CCN3CC4)no2)C1. The number of fused-ring (bicyclic) bond motifs is 3. The summed E-state index contributed by atoms with van der Waals surface area (Å²) in [6.45, 7) is 6.09. The Morgan fingerprint density at radius 2 is 2.11 bits per heavy atom. The monoisotopic (exact) mass is 265 g/mol. The Morgan fingerprint density at radius 3 is 2.74 bits per heavy atom. The van der Waals surface area contributed by atoms with Crippen LogP contribution in [0.15, 0.2) is 4.52 Å². The minimum absolute atomic E-state index is 0.00679. The summed E-state index contributed by atoms with van der Waals surface area (Å²) in [6, 6.07) is 0.277. The Kier molecular flexibility index (Phi) is 2.80. The molecule has 7 heteroatoms. The lowest BCUT2D eigenvalue weighted by Crippen LogP contribution is -2.57. The third-order valence-electron chi connectivity index (χ3n) is 4.44. The van der Waals surface area contributed by atoms with Gasteiger partial charge < -0.3 is 14.9 Å². The molecule has 3 atom stereocenters. The van der Waals surface area contributed by atoms with Crippen molar-refractivity contribution in [2.45, 2.75) is 24.6 Å². The first-order valence-electron chi connectivity index (χ1n) is 7.01. The van der Waals surface area contributed by atoms with Crippen molar-refractivity contribution >= 4 is 0 Å². The van der Waals surface area contributed by atoms with Crippen LogP contribution < -0.4 is 5.32 Å². The molecule has 4 aliphatic rings. The third-order valence-corrected chi connectivity index (χ3v) is 4.44. The van der Waals surface area contributed by atoms with Crippen LogP contribution in [0.2, 0.25) is 0 Å². The number of aliphatic hydroxyl groups excluding tert-OH is 1. The lowest BCUT2D eigenvalue weighted by atomic mass is 10.1. The maximum Gasteiger partial charge on any atom is 0.243 e. The first-order chi connectivity index (χ1) is 9.29. The summed E-state index contributed by atoms with van der Waals surface area (Å²) in [5.41, 5.74) is 0. The number of β-amino-alcohol motifs (C(OH)–C–C–N with tert-alkyl or cyclic N) is 1. The van der Waals surface area contributed by atoms with Crippen molar-refractivity contribution in [1.29, 1.82) is 0 Å². The highest BCUT2D eigenvalue weighted by molar-refractivity contribution is 5.04. The first kappa shape index (κ1) is 11.8. The van der Waals surface area contributed by atoms with Gasteiger partial charge in [-0.15, -0.1) is 0 Å². The van der Waals surface area contributed by atoms with Crippen molar-refractivity contribution < 1.29 is 9.63 Å². The summed E-state index contributed by atoms with van der Waals surface area (Å²) in [5.74, 6) is 1.41. The zero-order valence-electron chi connectivity index (χ0n) is 10.8. The highest BCUT2D eigenvalue weighted by Gasteiger charge is 2.36. The third kappa shape index (κ3) is 2.06. The van der Waals surface area contributed by atoms with Crippen LogP contribution in [0.5, 0.6) is 0 Å². The molecule has 19 heavy (non-hydrogen) atoms. The minimum Gasteiger partial charge on any atom is -0.392 e. The zero-order chi connectivity index (χ0) is 12.8. The van der Waals surface area contributed by atoms with Crippen LogP contribution in [-0.2, 0) is 0 Å². The lowest BCUT2D eigenvalue weighted by molar-refractivity contribution is 0.00781. The van der Waals surface area contributed by atoms with Gasteiger partial charge in [-0.3, -0.25) is 9.80 Å². The molecule has 1 aromatic heterocycles. The van der Waals surface area contributed by atoms with Crippen molar-refractivity contribution in [3.63, 3.8) is 0 Å². The topological polar surface area (TPSA) is 77.7 Å². The molecule has 5 heterocycles. The van der Waals surface area contributed by atoms with E-state index in [0.717, 1.165) is 38.5 Å². The fraction of sp³-hybridized carbons (Fsp3) is 0.833. The summed E-state index contributed by atoms with van der Waals surface area (Å²) < 4.78 is 5.38. The van der Waals surface area contributed by atoms with E-state index in [0.29, 0.717) is 18.9 Å². The van der Waals surface area contributed by atoms with Gasteiger partial charge in [-0.1, -0.05) is 5.16 Å². The molecule has 5 rings (SSSR count). The van der Waals surface area contributed by atoms with Crippen molar-refractivity contribution in [2.24, 2.45) is 0 Å². The summed E-state index contributed by atoms with van der Waals surface area (Å²) >= 11 is 0. The van der Waals surface area contributed by atoms with Crippen LogP contribution in [0, 0.1) is 0 Å².